The van der Waals surface area contributed by atoms with E-state index in [-0.39, 0.29) is 0 Å². The average Bonchev–Trinajstić information content (AvgIpc) is 3.42. The van der Waals surface area contributed by atoms with Gasteiger partial charge in [-0.3, -0.25) is 4.90 Å². The number of carboxylic acids is 2. The lowest BCUT2D eigenvalue weighted by atomic mass is 10.1. The third kappa shape index (κ3) is 8.19. The molecular weight excluding hydrogens is 451 g/mol. The molecule has 9 nitrogen and oxygen atoms in total. The van der Waals surface area contributed by atoms with Crippen LogP contribution in [0.15, 0.2) is 18.2 Å². The first-order chi connectivity index (χ1) is 14.7. The Hall–Kier alpha value is -1.46. The molecule has 0 radical (unpaired) electrons. The third-order valence-corrected chi connectivity index (χ3v) is 5.86. The van der Waals surface area contributed by atoms with Crippen molar-refractivity contribution in [2.45, 2.75) is 37.6 Å². The minimum atomic E-state index is -2.27. The van der Waals surface area contributed by atoms with Gasteiger partial charge < -0.3 is 30.5 Å². The van der Waals surface area contributed by atoms with Crippen LogP contribution in [0.4, 0.5) is 0 Å². The number of hydrogen-bond donors (Lipinski definition) is 5. The van der Waals surface area contributed by atoms with Crippen LogP contribution >= 0.6 is 23.2 Å². The summed E-state index contributed by atoms with van der Waals surface area (Å²) in [5, 5.41) is 37.4. The number of aliphatic hydroxyl groups is 2. The van der Waals surface area contributed by atoms with E-state index in [2.05, 4.69) is 10.2 Å². The number of carbonyl (C=O) groups is 2. The summed E-state index contributed by atoms with van der Waals surface area (Å²) >= 11 is 12.3. The van der Waals surface area contributed by atoms with Gasteiger partial charge in [0.1, 0.15) is 0 Å². The van der Waals surface area contributed by atoms with E-state index < -0.39 is 24.1 Å². The summed E-state index contributed by atoms with van der Waals surface area (Å²) < 4.78 is 5.58. The van der Waals surface area contributed by atoms with Crippen molar-refractivity contribution in [3.63, 3.8) is 0 Å². The number of aliphatic hydroxyl groups excluding tert-OH is 2. The molecule has 2 aliphatic rings. The van der Waals surface area contributed by atoms with E-state index in [0.717, 1.165) is 62.3 Å². The highest BCUT2D eigenvalue weighted by Crippen LogP contribution is 2.25. The molecule has 0 saturated carbocycles. The molecule has 2 heterocycles. The fourth-order valence-electron chi connectivity index (χ4n) is 3.49. The van der Waals surface area contributed by atoms with E-state index in [1.807, 2.05) is 18.2 Å². The van der Waals surface area contributed by atoms with Crippen LogP contribution in [0.25, 0.3) is 0 Å². The molecule has 0 bridgehead atoms. The average molecular weight is 479 g/mol. The summed E-state index contributed by atoms with van der Waals surface area (Å²) in [5.74, 6) is -2.80. The van der Waals surface area contributed by atoms with Crippen molar-refractivity contribution in [3.05, 3.63) is 33.8 Å². The molecule has 0 aromatic heterocycles. The molecule has 2 saturated heterocycles. The molecule has 31 heavy (non-hydrogen) atoms. The van der Waals surface area contributed by atoms with Gasteiger partial charge in [0.2, 0.25) is 0 Å². The summed E-state index contributed by atoms with van der Waals surface area (Å²) in [5.41, 5.74) is 1.15. The largest absolute Gasteiger partial charge is 0.479 e. The highest BCUT2D eigenvalue weighted by Gasteiger charge is 2.29. The van der Waals surface area contributed by atoms with Crippen LogP contribution in [-0.2, 0) is 20.9 Å². The van der Waals surface area contributed by atoms with Crippen LogP contribution < -0.4 is 5.32 Å². The standard InChI is InChI=1S/C16H22Cl2N2O.C4H6O6/c17-14-2-1-13(16(18)7-14)10-20(15-4-6-21-11-15)9-12-3-5-19-8-12;5-1(3(7)8)2(6)4(9)10/h1-2,7,12,15,19H,3-6,8-11H2;1-2,5-6H,(H,7,8)(H,9,10)/t12-,15?;/m0./s1. The van der Waals surface area contributed by atoms with Gasteiger partial charge in [0.05, 0.1) is 6.61 Å². The zero-order valence-electron chi connectivity index (χ0n) is 16.9. The van der Waals surface area contributed by atoms with Crippen molar-refractivity contribution in [1.82, 2.24) is 10.2 Å². The normalized spacial score (nSPS) is 22.6. The van der Waals surface area contributed by atoms with E-state index >= 15 is 0 Å². The predicted molar refractivity (Wildman–Crippen MR) is 114 cm³/mol. The quantitative estimate of drug-likeness (QED) is 0.371. The Balaban J connectivity index is 0.000000291. The van der Waals surface area contributed by atoms with Gasteiger partial charge in [-0.2, -0.15) is 0 Å². The molecule has 1 aromatic carbocycles. The van der Waals surface area contributed by atoms with Gasteiger partial charge >= 0.3 is 11.9 Å². The smallest absolute Gasteiger partial charge is 0.335 e. The van der Waals surface area contributed by atoms with Crippen molar-refractivity contribution in [2.24, 2.45) is 5.92 Å². The fourth-order valence-corrected chi connectivity index (χ4v) is 3.96. The highest BCUT2D eigenvalue weighted by atomic mass is 35.5. The summed E-state index contributed by atoms with van der Waals surface area (Å²) in [4.78, 5) is 22.1. The molecule has 0 spiro atoms. The Morgan fingerprint density at radius 1 is 1.16 bits per heavy atom. The van der Waals surface area contributed by atoms with Crippen LogP contribution in [0.3, 0.4) is 0 Å². The summed E-state index contributed by atoms with van der Waals surface area (Å²) in [6, 6.07) is 6.31. The van der Waals surface area contributed by atoms with E-state index in [1.165, 1.54) is 6.42 Å². The van der Waals surface area contributed by atoms with E-state index in [9.17, 15) is 9.59 Å². The number of halogens is 2. The molecule has 3 rings (SSSR count). The molecule has 3 unspecified atom stereocenters. The number of rotatable bonds is 8. The number of nitrogens with zero attached hydrogens (tertiary/aromatic N) is 1. The molecule has 5 N–H and O–H groups in total. The number of nitrogens with one attached hydrogen (secondary N) is 1. The number of carboxylic acid groups (broad SMARTS) is 2. The number of ether oxygens (including phenoxy) is 1. The van der Waals surface area contributed by atoms with Crippen molar-refractivity contribution in [1.29, 1.82) is 0 Å². The van der Waals surface area contributed by atoms with Crippen molar-refractivity contribution >= 4 is 35.1 Å². The zero-order chi connectivity index (χ0) is 23.0. The lowest BCUT2D eigenvalue weighted by Crippen LogP contribution is -2.39. The SMILES string of the molecule is Clc1ccc(CN(C[C@H]2CCNC2)C2CCOC2)c(Cl)c1.O=C(O)C(O)C(O)C(=O)O. The lowest BCUT2D eigenvalue weighted by molar-refractivity contribution is -0.165. The topological polar surface area (TPSA) is 140 Å². The molecule has 0 aliphatic carbocycles. The van der Waals surface area contributed by atoms with Crippen LogP contribution in [-0.4, -0.2) is 88.4 Å². The number of benzene rings is 1. The van der Waals surface area contributed by atoms with Crippen LogP contribution in [0.1, 0.15) is 18.4 Å². The zero-order valence-corrected chi connectivity index (χ0v) is 18.4. The van der Waals surface area contributed by atoms with Gasteiger partial charge in [-0.15, -0.1) is 0 Å². The first-order valence-corrected chi connectivity index (χ1v) is 10.7. The van der Waals surface area contributed by atoms with Crippen LogP contribution in [0.2, 0.25) is 10.0 Å². The van der Waals surface area contributed by atoms with Crippen molar-refractivity contribution in [3.8, 4) is 0 Å². The maximum Gasteiger partial charge on any atom is 0.335 e. The van der Waals surface area contributed by atoms with Gasteiger partial charge in [-0.1, -0.05) is 29.3 Å². The number of hydrogen-bond acceptors (Lipinski definition) is 7. The van der Waals surface area contributed by atoms with Crippen molar-refractivity contribution in [2.75, 3.05) is 32.8 Å². The van der Waals surface area contributed by atoms with E-state index in [0.29, 0.717) is 11.1 Å². The molecular formula is C20H28Cl2N2O7. The van der Waals surface area contributed by atoms with Crippen molar-refractivity contribution < 1.29 is 34.8 Å². The predicted octanol–water partition coefficient (Wildman–Crippen LogP) is 1.07. The minimum absolute atomic E-state index is 0.511. The van der Waals surface area contributed by atoms with Gasteiger partial charge in [0, 0.05) is 35.8 Å². The summed E-state index contributed by atoms with van der Waals surface area (Å²) in [6.07, 6.45) is -2.15. The summed E-state index contributed by atoms with van der Waals surface area (Å²) in [6.45, 7) is 5.96. The molecule has 11 heteroatoms. The van der Waals surface area contributed by atoms with Gasteiger partial charge in [0.15, 0.2) is 12.2 Å². The molecule has 4 atom stereocenters. The maximum absolute atomic E-state index is 9.77. The Labute approximate surface area is 190 Å². The molecule has 1 aromatic rings. The minimum Gasteiger partial charge on any atom is -0.479 e. The summed E-state index contributed by atoms with van der Waals surface area (Å²) in [7, 11) is 0. The number of aliphatic carboxylic acids is 2. The monoisotopic (exact) mass is 478 g/mol. The Morgan fingerprint density at radius 2 is 1.84 bits per heavy atom. The third-order valence-electron chi connectivity index (χ3n) is 5.27. The van der Waals surface area contributed by atoms with Gasteiger partial charge in [0.25, 0.3) is 0 Å². The molecule has 0 amide bonds. The molecule has 2 fully saturated rings. The highest BCUT2D eigenvalue weighted by molar-refractivity contribution is 6.35. The van der Waals surface area contributed by atoms with E-state index in [4.69, 9.17) is 48.4 Å². The first kappa shape index (κ1) is 25.8. The van der Waals surface area contributed by atoms with Crippen LogP contribution in [0, 0.1) is 5.92 Å². The maximum atomic E-state index is 9.77. The Bertz CT molecular complexity index is 722. The molecule has 174 valence electrons. The fraction of sp³-hybridized carbons (Fsp3) is 0.600. The first-order valence-electron chi connectivity index (χ1n) is 9.97. The second kappa shape index (κ2) is 12.5. The second-order valence-corrected chi connectivity index (χ2v) is 8.45. The molecule has 2 aliphatic heterocycles. The Kier molecular flexibility index (Phi) is 10.4. The lowest BCUT2D eigenvalue weighted by Gasteiger charge is -2.30. The van der Waals surface area contributed by atoms with Crippen LogP contribution in [0.5, 0.6) is 0 Å². The Morgan fingerprint density at radius 3 is 2.32 bits per heavy atom. The van der Waals surface area contributed by atoms with E-state index in [1.54, 1.807) is 0 Å². The van der Waals surface area contributed by atoms with Gasteiger partial charge in [-0.05, 0) is 49.5 Å². The van der Waals surface area contributed by atoms with Gasteiger partial charge in [-0.25, -0.2) is 9.59 Å². The second-order valence-electron chi connectivity index (χ2n) is 7.61.